The molecular formula is C23H19Cl2N3O7S. The Balaban J connectivity index is 1.48. The zero-order chi connectivity index (χ0) is 25.9. The summed E-state index contributed by atoms with van der Waals surface area (Å²) in [5.41, 5.74) is 5.03. The zero-order valence-corrected chi connectivity index (χ0v) is 21.0. The first kappa shape index (κ1) is 25.6. The molecule has 0 saturated carbocycles. The number of halogens is 2. The molecule has 1 aliphatic heterocycles. The summed E-state index contributed by atoms with van der Waals surface area (Å²) in [4.78, 5) is 24.8. The summed E-state index contributed by atoms with van der Waals surface area (Å²) < 4.78 is 44.0. The second kappa shape index (κ2) is 10.6. The highest BCUT2D eigenvalue weighted by Gasteiger charge is 2.24. The third-order valence-electron chi connectivity index (χ3n) is 5.13. The molecule has 1 aliphatic rings. The predicted octanol–water partition coefficient (Wildman–Crippen LogP) is 3.28. The van der Waals surface area contributed by atoms with Gasteiger partial charge in [-0.15, -0.1) is 0 Å². The SMILES string of the molecule is COc1ccccc1CNS(=O)(=O)c1cc(C(=O)NNC(=O)c2ccc3c(c2)OCO3)c(Cl)cc1Cl. The van der Waals surface area contributed by atoms with Crippen LogP contribution in [0.4, 0.5) is 0 Å². The minimum Gasteiger partial charge on any atom is -0.496 e. The number of carbonyl (C=O) groups is 2. The first-order valence-electron chi connectivity index (χ1n) is 10.3. The minimum absolute atomic E-state index is 0.0468. The van der Waals surface area contributed by atoms with Crippen molar-refractivity contribution in [2.24, 2.45) is 0 Å². The van der Waals surface area contributed by atoms with Gasteiger partial charge in [0.2, 0.25) is 16.8 Å². The number of hydrazine groups is 1. The van der Waals surface area contributed by atoms with Gasteiger partial charge in [0.1, 0.15) is 10.6 Å². The van der Waals surface area contributed by atoms with Gasteiger partial charge in [0.25, 0.3) is 11.8 Å². The fourth-order valence-electron chi connectivity index (χ4n) is 3.30. The lowest BCUT2D eigenvalue weighted by Crippen LogP contribution is -2.41. The van der Waals surface area contributed by atoms with Crippen LogP contribution in [0.5, 0.6) is 17.2 Å². The lowest BCUT2D eigenvalue weighted by Gasteiger charge is -2.13. The standard InChI is InChI=1S/C23H19Cl2N3O7S/c1-33-18-5-3-2-4-14(18)11-26-36(31,32)21-9-15(16(24)10-17(21)25)23(30)28-27-22(29)13-6-7-19-20(8-13)35-12-34-19/h2-10,26H,11-12H2,1H3,(H,27,29)(H,28,30). The summed E-state index contributed by atoms with van der Waals surface area (Å²) in [5.74, 6) is -0.104. The zero-order valence-electron chi connectivity index (χ0n) is 18.6. The fourth-order valence-corrected chi connectivity index (χ4v) is 5.16. The average Bonchev–Trinajstić information content (AvgIpc) is 3.34. The van der Waals surface area contributed by atoms with Crippen molar-refractivity contribution < 1.29 is 32.2 Å². The van der Waals surface area contributed by atoms with Gasteiger partial charge in [-0.1, -0.05) is 41.4 Å². The molecule has 0 aliphatic carbocycles. The van der Waals surface area contributed by atoms with Crippen LogP contribution in [0.1, 0.15) is 26.3 Å². The minimum atomic E-state index is -4.16. The summed E-state index contributed by atoms with van der Waals surface area (Å²) >= 11 is 12.3. The van der Waals surface area contributed by atoms with Crippen molar-refractivity contribution >= 4 is 45.0 Å². The molecule has 0 unspecified atom stereocenters. The van der Waals surface area contributed by atoms with Crippen LogP contribution in [0.25, 0.3) is 0 Å². The number of ether oxygens (including phenoxy) is 3. The van der Waals surface area contributed by atoms with Gasteiger partial charge in [0.05, 0.1) is 22.7 Å². The molecule has 0 fully saturated rings. The Labute approximate surface area is 216 Å². The van der Waals surface area contributed by atoms with E-state index in [1.165, 1.54) is 19.2 Å². The van der Waals surface area contributed by atoms with Crippen LogP contribution >= 0.6 is 23.2 Å². The van der Waals surface area contributed by atoms with E-state index < -0.39 is 21.8 Å². The molecule has 3 aromatic carbocycles. The van der Waals surface area contributed by atoms with Crippen LogP contribution < -0.4 is 29.8 Å². The van der Waals surface area contributed by atoms with Gasteiger partial charge < -0.3 is 14.2 Å². The Morgan fingerprint density at radius 1 is 0.944 bits per heavy atom. The molecule has 10 nitrogen and oxygen atoms in total. The van der Waals surface area contributed by atoms with Gasteiger partial charge >= 0.3 is 0 Å². The van der Waals surface area contributed by atoms with Gasteiger partial charge in [-0.3, -0.25) is 20.4 Å². The van der Waals surface area contributed by atoms with Crippen molar-refractivity contribution in [3.8, 4) is 17.2 Å². The number of amides is 2. The molecular weight excluding hydrogens is 533 g/mol. The largest absolute Gasteiger partial charge is 0.496 e. The van der Waals surface area contributed by atoms with Crippen LogP contribution in [-0.4, -0.2) is 34.1 Å². The Bertz CT molecular complexity index is 1450. The van der Waals surface area contributed by atoms with Crippen molar-refractivity contribution in [2.75, 3.05) is 13.9 Å². The molecule has 0 aromatic heterocycles. The number of benzene rings is 3. The number of hydrogen-bond acceptors (Lipinski definition) is 7. The average molecular weight is 552 g/mol. The lowest BCUT2D eigenvalue weighted by atomic mass is 10.2. The highest BCUT2D eigenvalue weighted by molar-refractivity contribution is 7.89. The molecule has 3 aromatic rings. The Kier molecular flexibility index (Phi) is 7.55. The van der Waals surface area contributed by atoms with E-state index in [9.17, 15) is 18.0 Å². The van der Waals surface area contributed by atoms with E-state index in [2.05, 4.69) is 15.6 Å². The quantitative estimate of drug-likeness (QED) is 0.384. The third-order valence-corrected chi connectivity index (χ3v) is 7.30. The summed E-state index contributed by atoms with van der Waals surface area (Å²) in [7, 11) is -2.68. The first-order valence-corrected chi connectivity index (χ1v) is 12.5. The Hall–Kier alpha value is -3.51. The van der Waals surface area contributed by atoms with Crippen molar-refractivity contribution in [3.05, 3.63) is 81.3 Å². The van der Waals surface area contributed by atoms with E-state index in [4.69, 9.17) is 37.4 Å². The van der Waals surface area contributed by atoms with Crippen LogP contribution in [0.2, 0.25) is 10.0 Å². The molecule has 188 valence electrons. The molecule has 0 bridgehead atoms. The highest BCUT2D eigenvalue weighted by Crippen LogP contribution is 2.32. The number of hydrogen-bond donors (Lipinski definition) is 3. The molecule has 0 atom stereocenters. The van der Waals surface area contributed by atoms with Crippen molar-refractivity contribution in [2.45, 2.75) is 11.4 Å². The third kappa shape index (κ3) is 5.49. The van der Waals surface area contributed by atoms with Crippen LogP contribution in [0.15, 0.2) is 59.5 Å². The summed E-state index contributed by atoms with van der Waals surface area (Å²) in [6, 6.07) is 13.5. The number of sulfonamides is 1. The second-order valence-electron chi connectivity index (χ2n) is 7.38. The van der Waals surface area contributed by atoms with Gasteiger partial charge in [-0.25, -0.2) is 13.1 Å². The van der Waals surface area contributed by atoms with Crippen molar-refractivity contribution in [1.29, 1.82) is 0 Å². The number of nitrogens with one attached hydrogen (secondary N) is 3. The molecule has 3 N–H and O–H groups in total. The number of fused-ring (bicyclic) bond motifs is 1. The van der Waals surface area contributed by atoms with E-state index in [0.29, 0.717) is 22.8 Å². The molecule has 13 heteroatoms. The van der Waals surface area contributed by atoms with Gasteiger partial charge in [0.15, 0.2) is 11.5 Å². The molecule has 36 heavy (non-hydrogen) atoms. The summed E-state index contributed by atoms with van der Waals surface area (Å²) in [5, 5.41) is -0.299. The van der Waals surface area contributed by atoms with E-state index >= 15 is 0 Å². The molecule has 0 saturated heterocycles. The van der Waals surface area contributed by atoms with E-state index in [0.717, 1.165) is 12.1 Å². The van der Waals surface area contributed by atoms with Crippen LogP contribution in [0.3, 0.4) is 0 Å². The predicted molar refractivity (Wildman–Crippen MR) is 131 cm³/mol. The summed E-state index contributed by atoms with van der Waals surface area (Å²) in [6.07, 6.45) is 0. The topological polar surface area (TPSA) is 132 Å². The van der Waals surface area contributed by atoms with Gasteiger partial charge in [-0.05, 0) is 36.4 Å². The molecule has 4 rings (SSSR count). The first-order chi connectivity index (χ1) is 17.2. The van der Waals surface area contributed by atoms with E-state index in [-0.39, 0.29) is 39.4 Å². The van der Waals surface area contributed by atoms with Crippen LogP contribution in [-0.2, 0) is 16.6 Å². The van der Waals surface area contributed by atoms with Gasteiger partial charge in [-0.2, -0.15) is 0 Å². The van der Waals surface area contributed by atoms with Gasteiger partial charge in [0, 0.05) is 17.7 Å². The molecule has 1 heterocycles. The van der Waals surface area contributed by atoms with Crippen LogP contribution in [0, 0.1) is 0 Å². The molecule has 0 radical (unpaired) electrons. The number of carbonyl (C=O) groups excluding carboxylic acids is 2. The Morgan fingerprint density at radius 2 is 1.67 bits per heavy atom. The molecule has 2 amide bonds. The maximum Gasteiger partial charge on any atom is 0.271 e. The van der Waals surface area contributed by atoms with Crippen molar-refractivity contribution in [1.82, 2.24) is 15.6 Å². The maximum absolute atomic E-state index is 13.0. The normalized spacial score (nSPS) is 12.2. The summed E-state index contributed by atoms with van der Waals surface area (Å²) in [6.45, 7) is -0.0381. The molecule has 0 spiro atoms. The highest BCUT2D eigenvalue weighted by atomic mass is 35.5. The van der Waals surface area contributed by atoms with E-state index in [1.807, 2.05) is 0 Å². The fraction of sp³-hybridized carbons (Fsp3) is 0.130. The number of methoxy groups -OCH3 is 1. The Morgan fingerprint density at radius 3 is 2.44 bits per heavy atom. The smallest absolute Gasteiger partial charge is 0.271 e. The number of rotatable bonds is 7. The second-order valence-corrected chi connectivity index (χ2v) is 9.92. The van der Waals surface area contributed by atoms with E-state index in [1.54, 1.807) is 30.3 Å². The monoisotopic (exact) mass is 551 g/mol. The number of para-hydroxylation sites is 1. The van der Waals surface area contributed by atoms with Crippen molar-refractivity contribution in [3.63, 3.8) is 0 Å². The lowest BCUT2D eigenvalue weighted by molar-refractivity contribution is 0.0846. The maximum atomic E-state index is 13.0.